The molecule has 1 aromatic heterocycles. The summed E-state index contributed by atoms with van der Waals surface area (Å²) in [6, 6.07) is 5.03. The molecule has 0 radical (unpaired) electrons. The second-order valence-electron chi connectivity index (χ2n) is 9.85. The predicted octanol–water partition coefficient (Wildman–Crippen LogP) is 5.05. The van der Waals surface area contributed by atoms with E-state index in [1.165, 1.54) is 12.4 Å². The van der Waals surface area contributed by atoms with Crippen molar-refractivity contribution < 1.29 is 18.3 Å². The maximum atomic E-state index is 13.4. The van der Waals surface area contributed by atoms with Crippen LogP contribution in [0.3, 0.4) is 0 Å². The first-order chi connectivity index (χ1) is 15.0. The molecule has 1 aliphatic rings. The third kappa shape index (κ3) is 6.37. The number of aromatic nitrogens is 2. The highest BCUT2D eigenvalue weighted by Gasteiger charge is 2.29. The van der Waals surface area contributed by atoms with Crippen LogP contribution in [0.2, 0.25) is 0 Å². The minimum atomic E-state index is -0.983. The van der Waals surface area contributed by atoms with Gasteiger partial charge in [-0.05, 0) is 36.8 Å². The fourth-order valence-corrected chi connectivity index (χ4v) is 4.29. The van der Waals surface area contributed by atoms with Gasteiger partial charge < -0.3 is 14.5 Å². The van der Waals surface area contributed by atoms with Crippen molar-refractivity contribution in [1.29, 1.82) is 0 Å². The highest BCUT2D eigenvalue weighted by molar-refractivity contribution is 5.77. The molecule has 0 bridgehead atoms. The number of amides is 1. The summed E-state index contributed by atoms with van der Waals surface area (Å²) in [5, 5.41) is 0. The minimum absolute atomic E-state index is 0.0450. The van der Waals surface area contributed by atoms with Crippen LogP contribution in [0.5, 0.6) is 11.6 Å². The lowest BCUT2D eigenvalue weighted by molar-refractivity contribution is -0.134. The van der Waals surface area contributed by atoms with Gasteiger partial charge in [0.25, 0.3) is 0 Å². The summed E-state index contributed by atoms with van der Waals surface area (Å²) in [7, 11) is 0. The predicted molar refractivity (Wildman–Crippen MR) is 120 cm³/mol. The summed E-state index contributed by atoms with van der Waals surface area (Å²) in [6.45, 7) is 12.7. The number of nitrogens with zero attached hydrogens (tertiary/aromatic N) is 4. The zero-order valence-corrected chi connectivity index (χ0v) is 19.4. The van der Waals surface area contributed by atoms with Crippen LogP contribution < -0.4 is 9.64 Å². The van der Waals surface area contributed by atoms with Crippen molar-refractivity contribution in [3.8, 4) is 11.6 Å². The fraction of sp³-hybridized carbons (Fsp3) is 0.542. The average molecular weight is 447 g/mol. The van der Waals surface area contributed by atoms with Crippen molar-refractivity contribution in [2.24, 2.45) is 11.3 Å². The maximum Gasteiger partial charge on any atom is 0.224 e. The first-order valence-electron chi connectivity index (χ1n) is 11.0. The SMILES string of the molecule is CC(CC(=O)N1CCN(c2cc(Oc3ccc(F)c(F)c3)ncn2)CC1C)CC(C)(C)C. The van der Waals surface area contributed by atoms with E-state index < -0.39 is 11.6 Å². The minimum Gasteiger partial charge on any atom is -0.439 e. The Hall–Kier alpha value is -2.77. The van der Waals surface area contributed by atoms with Gasteiger partial charge in [0, 0.05) is 44.2 Å². The molecule has 0 aliphatic carbocycles. The van der Waals surface area contributed by atoms with Crippen LogP contribution in [0.25, 0.3) is 0 Å². The maximum absolute atomic E-state index is 13.4. The zero-order chi connectivity index (χ0) is 23.5. The summed E-state index contributed by atoms with van der Waals surface area (Å²) in [6.07, 6.45) is 2.94. The second kappa shape index (κ2) is 9.79. The molecule has 2 heterocycles. The molecule has 0 N–H and O–H groups in total. The number of carbonyl (C=O) groups is 1. The van der Waals surface area contributed by atoms with Gasteiger partial charge in [-0.15, -0.1) is 0 Å². The molecule has 2 aromatic rings. The number of rotatable bonds is 6. The van der Waals surface area contributed by atoms with E-state index in [-0.39, 0.29) is 29.0 Å². The van der Waals surface area contributed by atoms with Gasteiger partial charge in [-0.2, -0.15) is 0 Å². The fourth-order valence-electron chi connectivity index (χ4n) is 4.29. The zero-order valence-electron chi connectivity index (χ0n) is 19.4. The molecular weight excluding hydrogens is 414 g/mol. The van der Waals surface area contributed by atoms with E-state index in [0.717, 1.165) is 18.6 Å². The van der Waals surface area contributed by atoms with E-state index in [4.69, 9.17) is 4.74 Å². The van der Waals surface area contributed by atoms with Crippen molar-refractivity contribution >= 4 is 11.7 Å². The Balaban J connectivity index is 1.60. The molecule has 1 amide bonds. The van der Waals surface area contributed by atoms with Crippen molar-refractivity contribution in [3.63, 3.8) is 0 Å². The summed E-state index contributed by atoms with van der Waals surface area (Å²) in [5.74, 6) is -0.329. The van der Waals surface area contributed by atoms with Crippen molar-refractivity contribution in [2.75, 3.05) is 24.5 Å². The molecule has 1 aliphatic heterocycles. The largest absolute Gasteiger partial charge is 0.439 e. The number of hydrogen-bond acceptors (Lipinski definition) is 5. The van der Waals surface area contributed by atoms with Gasteiger partial charge in [-0.3, -0.25) is 4.79 Å². The molecule has 0 saturated carbocycles. The molecular formula is C24H32F2N4O2. The number of piperazine rings is 1. The number of ether oxygens (including phenoxy) is 1. The number of anilines is 1. The summed E-state index contributed by atoms with van der Waals surface area (Å²) >= 11 is 0. The number of halogens is 2. The van der Waals surface area contributed by atoms with Crippen LogP contribution in [-0.4, -0.2) is 46.5 Å². The number of benzene rings is 1. The van der Waals surface area contributed by atoms with E-state index in [1.54, 1.807) is 6.07 Å². The second-order valence-corrected chi connectivity index (χ2v) is 9.85. The number of hydrogen-bond donors (Lipinski definition) is 0. The Bertz CT molecular complexity index is 948. The third-order valence-electron chi connectivity index (χ3n) is 5.50. The van der Waals surface area contributed by atoms with Crippen molar-refractivity contribution in [2.45, 2.75) is 53.5 Å². The van der Waals surface area contributed by atoms with Gasteiger partial charge in [-0.1, -0.05) is 27.7 Å². The first kappa shape index (κ1) is 23.9. The van der Waals surface area contributed by atoms with Crippen molar-refractivity contribution in [1.82, 2.24) is 14.9 Å². The Morgan fingerprint density at radius 1 is 1.19 bits per heavy atom. The molecule has 8 heteroatoms. The molecule has 6 nitrogen and oxygen atoms in total. The summed E-state index contributed by atoms with van der Waals surface area (Å²) in [4.78, 5) is 25.3. The monoisotopic (exact) mass is 446 g/mol. The molecule has 2 atom stereocenters. The van der Waals surface area contributed by atoms with E-state index >= 15 is 0 Å². The van der Waals surface area contributed by atoms with E-state index in [0.29, 0.717) is 37.8 Å². The van der Waals surface area contributed by atoms with Crippen LogP contribution in [-0.2, 0) is 4.79 Å². The number of carbonyl (C=O) groups excluding carboxylic acids is 1. The molecule has 2 unspecified atom stereocenters. The molecule has 1 saturated heterocycles. The third-order valence-corrected chi connectivity index (χ3v) is 5.50. The smallest absolute Gasteiger partial charge is 0.224 e. The quantitative estimate of drug-likeness (QED) is 0.622. The van der Waals surface area contributed by atoms with Crippen molar-refractivity contribution in [3.05, 3.63) is 42.2 Å². The van der Waals surface area contributed by atoms with Crippen LogP contribution in [0.4, 0.5) is 14.6 Å². The van der Waals surface area contributed by atoms with Crippen LogP contribution in [0.15, 0.2) is 30.6 Å². The molecule has 1 fully saturated rings. The van der Waals surface area contributed by atoms with Gasteiger partial charge in [0.1, 0.15) is 17.9 Å². The van der Waals surface area contributed by atoms with Gasteiger partial charge in [0.05, 0.1) is 0 Å². The van der Waals surface area contributed by atoms with Gasteiger partial charge in [0.2, 0.25) is 11.8 Å². The van der Waals surface area contributed by atoms with Crippen LogP contribution in [0, 0.1) is 23.0 Å². The summed E-state index contributed by atoms with van der Waals surface area (Å²) < 4.78 is 32.1. The normalized spacial score (nSPS) is 17.9. The average Bonchev–Trinajstić information content (AvgIpc) is 2.69. The Morgan fingerprint density at radius 2 is 1.94 bits per heavy atom. The van der Waals surface area contributed by atoms with Gasteiger partial charge in [0.15, 0.2) is 11.6 Å². The lowest BCUT2D eigenvalue weighted by atomic mass is 9.84. The highest BCUT2D eigenvalue weighted by Crippen LogP contribution is 2.28. The lowest BCUT2D eigenvalue weighted by Crippen LogP contribution is -2.54. The standard InChI is InChI=1S/C24H32F2N4O2/c1-16(13-24(3,4)5)10-23(31)30-9-8-29(14-17(30)2)21-12-22(28-15-27-21)32-18-6-7-19(25)20(26)11-18/h6-7,11-12,15-17H,8-10,13-14H2,1-5H3. The molecule has 32 heavy (non-hydrogen) atoms. The Labute approximate surface area is 188 Å². The molecule has 174 valence electrons. The Kier molecular flexibility index (Phi) is 7.31. The molecule has 1 aromatic carbocycles. The lowest BCUT2D eigenvalue weighted by Gasteiger charge is -2.41. The van der Waals surface area contributed by atoms with E-state index in [2.05, 4.69) is 42.6 Å². The van der Waals surface area contributed by atoms with E-state index in [9.17, 15) is 13.6 Å². The first-order valence-corrected chi connectivity index (χ1v) is 11.0. The van der Waals surface area contributed by atoms with Gasteiger partial charge >= 0.3 is 0 Å². The highest BCUT2D eigenvalue weighted by atomic mass is 19.2. The topological polar surface area (TPSA) is 58.6 Å². The Morgan fingerprint density at radius 3 is 2.59 bits per heavy atom. The van der Waals surface area contributed by atoms with E-state index in [1.807, 2.05) is 11.8 Å². The summed E-state index contributed by atoms with van der Waals surface area (Å²) in [5.41, 5.74) is 0.205. The van der Waals surface area contributed by atoms with Crippen LogP contribution in [0.1, 0.15) is 47.5 Å². The molecule has 3 rings (SSSR count). The molecule has 0 spiro atoms. The van der Waals surface area contributed by atoms with Gasteiger partial charge in [-0.25, -0.2) is 18.7 Å². The van der Waals surface area contributed by atoms with Crippen LogP contribution >= 0.6 is 0 Å².